The molecular weight excluding hydrogens is 378 g/mol. The number of rotatable bonds is 4. The number of carbonyl (C=O) groups is 1. The molecule has 0 unspecified atom stereocenters. The van der Waals surface area contributed by atoms with Crippen molar-refractivity contribution in [1.29, 1.82) is 0 Å². The SMILES string of the molecule is COc1ccc2c(c1/C=C/C1CCNCC1)O/C(=C\c1n[nH]c3ccccc13)C2=O. The van der Waals surface area contributed by atoms with Crippen LogP contribution in [-0.4, -0.2) is 36.2 Å². The molecular formula is C24H23N3O3. The van der Waals surface area contributed by atoms with Gasteiger partial charge >= 0.3 is 0 Å². The molecule has 0 saturated carbocycles. The highest BCUT2D eigenvalue weighted by molar-refractivity contribution is 6.15. The number of aromatic nitrogens is 2. The summed E-state index contributed by atoms with van der Waals surface area (Å²) in [5.74, 6) is 1.88. The molecule has 6 nitrogen and oxygen atoms in total. The number of ketones is 1. The zero-order valence-electron chi connectivity index (χ0n) is 16.8. The maximum Gasteiger partial charge on any atom is 0.232 e. The molecule has 2 aliphatic rings. The number of Topliss-reactive ketones (excluding diaryl/α,β-unsaturated/α-hetero) is 1. The monoisotopic (exact) mass is 401 g/mol. The van der Waals surface area contributed by atoms with Gasteiger partial charge in [-0.15, -0.1) is 0 Å². The molecule has 1 fully saturated rings. The van der Waals surface area contributed by atoms with E-state index in [4.69, 9.17) is 9.47 Å². The number of piperidine rings is 1. The molecule has 0 atom stereocenters. The number of carbonyl (C=O) groups excluding carboxylic acids is 1. The fourth-order valence-electron chi connectivity index (χ4n) is 4.08. The van der Waals surface area contributed by atoms with Gasteiger partial charge in [-0.1, -0.05) is 30.4 Å². The van der Waals surface area contributed by atoms with Crippen LogP contribution in [0.3, 0.4) is 0 Å². The number of benzene rings is 2. The Morgan fingerprint density at radius 1 is 1.17 bits per heavy atom. The highest BCUT2D eigenvalue weighted by atomic mass is 16.5. The van der Waals surface area contributed by atoms with Crippen molar-refractivity contribution in [2.24, 2.45) is 5.92 Å². The molecule has 5 rings (SSSR count). The molecule has 0 spiro atoms. The number of fused-ring (bicyclic) bond motifs is 2. The lowest BCUT2D eigenvalue weighted by Gasteiger charge is -2.19. The van der Waals surface area contributed by atoms with Gasteiger partial charge in [0.1, 0.15) is 11.5 Å². The summed E-state index contributed by atoms with van der Waals surface area (Å²) < 4.78 is 11.6. The lowest BCUT2D eigenvalue weighted by atomic mass is 9.96. The number of allylic oxidation sites excluding steroid dienone is 2. The number of methoxy groups -OCH3 is 1. The summed E-state index contributed by atoms with van der Waals surface area (Å²) >= 11 is 0. The zero-order valence-corrected chi connectivity index (χ0v) is 16.8. The Balaban J connectivity index is 1.51. The van der Waals surface area contributed by atoms with Crippen LogP contribution < -0.4 is 14.8 Å². The summed E-state index contributed by atoms with van der Waals surface area (Å²) in [7, 11) is 1.63. The normalized spacial score (nSPS) is 18.3. The number of hydrogen-bond acceptors (Lipinski definition) is 5. The summed E-state index contributed by atoms with van der Waals surface area (Å²) in [5, 5.41) is 11.6. The van der Waals surface area contributed by atoms with Crippen LogP contribution in [0.4, 0.5) is 0 Å². The van der Waals surface area contributed by atoms with Crippen molar-refractivity contribution in [3.8, 4) is 11.5 Å². The van der Waals surface area contributed by atoms with Crippen LogP contribution in [0.2, 0.25) is 0 Å². The van der Waals surface area contributed by atoms with E-state index in [-0.39, 0.29) is 11.5 Å². The quantitative estimate of drug-likeness (QED) is 0.641. The molecule has 3 heterocycles. The van der Waals surface area contributed by atoms with Gasteiger partial charge in [0.05, 0.1) is 29.4 Å². The van der Waals surface area contributed by atoms with Crippen LogP contribution >= 0.6 is 0 Å². The van der Waals surface area contributed by atoms with E-state index in [2.05, 4.69) is 21.6 Å². The van der Waals surface area contributed by atoms with Gasteiger partial charge in [0.2, 0.25) is 5.78 Å². The third-order valence-corrected chi connectivity index (χ3v) is 5.74. The van der Waals surface area contributed by atoms with E-state index < -0.39 is 0 Å². The highest BCUT2D eigenvalue weighted by Gasteiger charge is 2.31. The van der Waals surface area contributed by atoms with Crippen LogP contribution in [0.1, 0.15) is 34.5 Å². The van der Waals surface area contributed by atoms with Crippen molar-refractivity contribution >= 4 is 28.8 Å². The van der Waals surface area contributed by atoms with E-state index in [1.165, 1.54) is 0 Å². The van der Waals surface area contributed by atoms with Crippen molar-refractivity contribution in [3.05, 3.63) is 65.1 Å². The smallest absolute Gasteiger partial charge is 0.232 e. The van der Waals surface area contributed by atoms with Gasteiger partial charge in [0.25, 0.3) is 0 Å². The molecule has 0 bridgehead atoms. The predicted octanol–water partition coefficient (Wildman–Crippen LogP) is 4.20. The maximum absolute atomic E-state index is 13.0. The Hall–Kier alpha value is -3.38. The van der Waals surface area contributed by atoms with E-state index >= 15 is 0 Å². The first-order valence-corrected chi connectivity index (χ1v) is 10.2. The first-order chi connectivity index (χ1) is 14.7. The standard InChI is InChI=1S/C24H23N3O3/c1-29-21-9-8-18-23(28)22(14-20-16-4-2-3-5-19(16)26-27-20)30-24(18)17(21)7-6-15-10-12-25-13-11-15/h2-9,14-15,25H,10-13H2,1H3,(H,26,27)/b7-6+,22-14-. The largest absolute Gasteiger partial charge is 0.496 e. The zero-order chi connectivity index (χ0) is 20.5. The highest BCUT2D eigenvalue weighted by Crippen LogP contribution is 2.41. The summed E-state index contributed by atoms with van der Waals surface area (Å²) in [6.45, 7) is 2.05. The molecule has 1 aromatic heterocycles. The van der Waals surface area contributed by atoms with Gasteiger partial charge in [0.15, 0.2) is 5.76 Å². The molecule has 2 aromatic carbocycles. The fraction of sp³-hybridized carbons (Fsp3) is 0.250. The minimum absolute atomic E-state index is 0.142. The number of H-pyrrole nitrogens is 1. The lowest BCUT2D eigenvalue weighted by Crippen LogP contribution is -2.26. The second-order valence-corrected chi connectivity index (χ2v) is 7.60. The van der Waals surface area contributed by atoms with E-state index in [0.717, 1.165) is 42.4 Å². The molecule has 0 amide bonds. The molecule has 30 heavy (non-hydrogen) atoms. The van der Waals surface area contributed by atoms with Crippen LogP contribution in [0.25, 0.3) is 23.1 Å². The molecule has 1 saturated heterocycles. The minimum Gasteiger partial charge on any atom is -0.496 e. The number of nitrogens with zero attached hydrogens (tertiary/aromatic N) is 1. The third kappa shape index (κ3) is 3.29. The molecule has 2 aliphatic heterocycles. The topological polar surface area (TPSA) is 76.2 Å². The first kappa shape index (κ1) is 18.6. The van der Waals surface area contributed by atoms with Gasteiger partial charge in [-0.05, 0) is 50.0 Å². The second-order valence-electron chi connectivity index (χ2n) is 7.60. The maximum atomic E-state index is 13.0. The fourth-order valence-corrected chi connectivity index (χ4v) is 4.08. The van der Waals surface area contributed by atoms with Gasteiger partial charge in [0, 0.05) is 11.5 Å². The Morgan fingerprint density at radius 2 is 2.00 bits per heavy atom. The molecule has 0 radical (unpaired) electrons. The van der Waals surface area contributed by atoms with E-state index in [1.807, 2.05) is 36.4 Å². The number of ether oxygens (including phenoxy) is 2. The second kappa shape index (κ2) is 7.80. The van der Waals surface area contributed by atoms with Crippen molar-refractivity contribution in [1.82, 2.24) is 15.5 Å². The molecule has 2 N–H and O–H groups in total. The average molecular weight is 401 g/mol. The van der Waals surface area contributed by atoms with Gasteiger partial charge < -0.3 is 14.8 Å². The van der Waals surface area contributed by atoms with E-state index in [1.54, 1.807) is 19.3 Å². The first-order valence-electron chi connectivity index (χ1n) is 10.2. The van der Waals surface area contributed by atoms with Gasteiger partial charge in [-0.3, -0.25) is 9.89 Å². The van der Waals surface area contributed by atoms with Crippen LogP contribution in [0, 0.1) is 5.92 Å². The summed E-state index contributed by atoms with van der Waals surface area (Å²) in [6.07, 6.45) is 8.15. The van der Waals surface area contributed by atoms with E-state index in [0.29, 0.717) is 28.7 Å². The van der Waals surface area contributed by atoms with Crippen LogP contribution in [0.5, 0.6) is 11.5 Å². The summed E-state index contributed by atoms with van der Waals surface area (Å²) in [5.41, 5.74) is 2.95. The Labute approximate surface area is 174 Å². The van der Waals surface area contributed by atoms with Crippen LogP contribution in [0.15, 0.2) is 48.2 Å². The number of para-hydroxylation sites is 1. The average Bonchev–Trinajstić information content (AvgIpc) is 3.34. The Bertz CT molecular complexity index is 1170. The predicted molar refractivity (Wildman–Crippen MR) is 117 cm³/mol. The number of nitrogens with one attached hydrogen (secondary N) is 2. The van der Waals surface area contributed by atoms with Gasteiger partial charge in [-0.25, -0.2) is 0 Å². The van der Waals surface area contributed by atoms with E-state index in [9.17, 15) is 4.79 Å². The summed E-state index contributed by atoms with van der Waals surface area (Å²) in [6, 6.07) is 11.4. The summed E-state index contributed by atoms with van der Waals surface area (Å²) in [4.78, 5) is 13.0. The van der Waals surface area contributed by atoms with Gasteiger partial charge in [-0.2, -0.15) is 5.10 Å². The number of hydrogen-bond donors (Lipinski definition) is 2. The Kier molecular flexibility index (Phi) is 4.85. The van der Waals surface area contributed by atoms with Crippen molar-refractivity contribution in [2.75, 3.05) is 20.2 Å². The van der Waals surface area contributed by atoms with Crippen molar-refractivity contribution < 1.29 is 14.3 Å². The van der Waals surface area contributed by atoms with Crippen LogP contribution in [-0.2, 0) is 0 Å². The Morgan fingerprint density at radius 3 is 2.83 bits per heavy atom. The number of aromatic amines is 1. The molecule has 3 aromatic rings. The third-order valence-electron chi connectivity index (χ3n) is 5.74. The molecule has 152 valence electrons. The molecule has 0 aliphatic carbocycles. The van der Waals surface area contributed by atoms with Crippen molar-refractivity contribution in [2.45, 2.75) is 12.8 Å². The van der Waals surface area contributed by atoms with Crippen molar-refractivity contribution in [3.63, 3.8) is 0 Å². The molecule has 6 heteroatoms. The lowest BCUT2D eigenvalue weighted by molar-refractivity contribution is 0.101. The minimum atomic E-state index is -0.142.